The summed E-state index contributed by atoms with van der Waals surface area (Å²) < 4.78 is 0. The van der Waals surface area contributed by atoms with Gasteiger partial charge in [-0.1, -0.05) is 13.0 Å². The molecule has 0 aliphatic carbocycles. The van der Waals surface area contributed by atoms with Crippen LogP contribution in [0, 0.1) is 0 Å². The van der Waals surface area contributed by atoms with Gasteiger partial charge in [0.15, 0.2) is 0 Å². The molecule has 1 aromatic carbocycles. The predicted molar refractivity (Wildman–Crippen MR) is 71.7 cm³/mol. The van der Waals surface area contributed by atoms with E-state index in [0.717, 1.165) is 12.1 Å². The van der Waals surface area contributed by atoms with Gasteiger partial charge in [0.1, 0.15) is 11.4 Å². The number of nitrogens with one attached hydrogen (secondary N) is 2. The van der Waals surface area contributed by atoms with E-state index in [-0.39, 0.29) is 0 Å². The van der Waals surface area contributed by atoms with Gasteiger partial charge in [-0.2, -0.15) is 0 Å². The topological polar surface area (TPSA) is 71.1 Å². The van der Waals surface area contributed by atoms with E-state index >= 15 is 0 Å². The number of aromatic nitrogens is 1. The summed E-state index contributed by atoms with van der Waals surface area (Å²) in [6.07, 6.45) is 2.59. The van der Waals surface area contributed by atoms with Gasteiger partial charge in [-0.15, -0.1) is 0 Å². The van der Waals surface area contributed by atoms with Crippen molar-refractivity contribution in [3.63, 3.8) is 0 Å². The summed E-state index contributed by atoms with van der Waals surface area (Å²) in [5, 5.41) is 5.92. The fourth-order valence-electron chi connectivity index (χ4n) is 1.66. The Balaban J connectivity index is 2.04. The van der Waals surface area contributed by atoms with Crippen LogP contribution in [0.15, 0.2) is 34.0 Å². The number of hydrogen-bond acceptors (Lipinski definition) is 5. The van der Waals surface area contributed by atoms with Crippen LogP contribution in [0.5, 0.6) is 0 Å². The summed E-state index contributed by atoms with van der Waals surface area (Å²) in [6, 6.07) is 5.56. The van der Waals surface area contributed by atoms with Crippen molar-refractivity contribution in [2.75, 3.05) is 17.2 Å². The molecular weight excluding hydrogens is 230 g/mol. The van der Waals surface area contributed by atoms with E-state index in [9.17, 15) is 9.59 Å². The molecule has 2 aromatic rings. The molecule has 94 valence electrons. The van der Waals surface area contributed by atoms with Crippen molar-refractivity contribution in [3.05, 3.63) is 50.5 Å². The lowest BCUT2D eigenvalue weighted by molar-refractivity contribution is 0.969. The van der Waals surface area contributed by atoms with Crippen LogP contribution in [0.25, 0.3) is 0 Å². The lowest BCUT2D eigenvalue weighted by Crippen LogP contribution is -2.37. The van der Waals surface area contributed by atoms with E-state index in [0.29, 0.717) is 24.5 Å². The molecule has 0 radical (unpaired) electrons. The molecule has 0 spiro atoms. The second-order valence-corrected chi connectivity index (χ2v) is 4.01. The molecule has 0 fully saturated rings. The smallest absolute Gasteiger partial charge is 0.253 e. The Bertz CT molecular complexity index is 586. The second-order valence-electron chi connectivity index (χ2n) is 4.01. The van der Waals surface area contributed by atoms with Crippen molar-refractivity contribution < 1.29 is 0 Å². The van der Waals surface area contributed by atoms with E-state index in [4.69, 9.17) is 0 Å². The van der Waals surface area contributed by atoms with E-state index in [1.807, 2.05) is 25.1 Å². The van der Waals surface area contributed by atoms with Gasteiger partial charge in [-0.25, -0.2) is 0 Å². The Morgan fingerprint density at radius 3 is 2.44 bits per heavy atom. The van der Waals surface area contributed by atoms with E-state index < -0.39 is 10.9 Å². The molecule has 0 unspecified atom stereocenters. The Kier molecular flexibility index (Phi) is 3.72. The minimum absolute atomic E-state index is 0.374. The largest absolute Gasteiger partial charge is 0.380 e. The molecule has 0 bridgehead atoms. The number of nitrogens with zero attached hydrogens (tertiary/aromatic N) is 1. The third-order valence-electron chi connectivity index (χ3n) is 2.63. The van der Waals surface area contributed by atoms with Crippen molar-refractivity contribution in [2.24, 2.45) is 0 Å². The van der Waals surface area contributed by atoms with Crippen LogP contribution in [0.2, 0.25) is 0 Å². The van der Waals surface area contributed by atoms with Crippen molar-refractivity contribution in [3.8, 4) is 0 Å². The maximum atomic E-state index is 11.4. The molecule has 0 aliphatic rings. The SMILES string of the molecule is CCCNc1c(NCc2ccccn2)c(=O)c1=O. The van der Waals surface area contributed by atoms with Crippen molar-refractivity contribution in [1.29, 1.82) is 0 Å². The normalized spacial score (nSPS) is 10.5. The Morgan fingerprint density at radius 2 is 1.83 bits per heavy atom. The van der Waals surface area contributed by atoms with Gasteiger partial charge in [0.2, 0.25) is 0 Å². The summed E-state index contributed by atoms with van der Waals surface area (Å²) in [5.41, 5.74) is 0.709. The molecule has 0 saturated carbocycles. The third-order valence-corrected chi connectivity index (χ3v) is 2.63. The number of rotatable bonds is 6. The lowest BCUT2D eigenvalue weighted by Gasteiger charge is -2.13. The quantitative estimate of drug-likeness (QED) is 0.746. The minimum Gasteiger partial charge on any atom is -0.380 e. The summed E-state index contributed by atoms with van der Waals surface area (Å²) >= 11 is 0. The predicted octanol–water partition coefficient (Wildman–Crippen LogP) is 1.11. The molecule has 2 rings (SSSR count). The van der Waals surface area contributed by atoms with Crippen LogP contribution < -0.4 is 21.5 Å². The van der Waals surface area contributed by atoms with Crippen molar-refractivity contribution in [2.45, 2.75) is 19.9 Å². The Labute approximate surface area is 105 Å². The third kappa shape index (κ3) is 2.40. The van der Waals surface area contributed by atoms with E-state index in [1.54, 1.807) is 6.20 Å². The second kappa shape index (κ2) is 5.44. The Morgan fingerprint density at radius 1 is 1.11 bits per heavy atom. The van der Waals surface area contributed by atoms with Gasteiger partial charge in [0.25, 0.3) is 10.9 Å². The van der Waals surface area contributed by atoms with Gasteiger partial charge in [0, 0.05) is 12.7 Å². The molecule has 0 saturated heterocycles. The highest BCUT2D eigenvalue weighted by atomic mass is 16.2. The van der Waals surface area contributed by atoms with Crippen LogP contribution in [-0.2, 0) is 6.54 Å². The van der Waals surface area contributed by atoms with Crippen LogP contribution >= 0.6 is 0 Å². The average Bonchev–Trinajstić information content (AvgIpc) is 2.42. The standard InChI is InChI=1S/C13H15N3O2/c1-2-6-15-10-11(13(18)12(10)17)16-8-9-5-3-4-7-14-9/h3-5,7,15-16H,2,6,8H2,1H3. The monoisotopic (exact) mass is 245 g/mol. The molecule has 1 heterocycles. The molecule has 2 N–H and O–H groups in total. The van der Waals surface area contributed by atoms with Crippen LogP contribution in [0.4, 0.5) is 11.4 Å². The molecule has 0 aliphatic heterocycles. The zero-order valence-corrected chi connectivity index (χ0v) is 10.2. The maximum Gasteiger partial charge on any atom is 0.253 e. The van der Waals surface area contributed by atoms with Crippen LogP contribution in [0.1, 0.15) is 19.0 Å². The van der Waals surface area contributed by atoms with Gasteiger partial charge < -0.3 is 10.6 Å². The molecule has 0 atom stereocenters. The maximum absolute atomic E-state index is 11.4. The fourth-order valence-corrected chi connectivity index (χ4v) is 1.66. The Hall–Kier alpha value is -2.17. The van der Waals surface area contributed by atoms with Gasteiger partial charge in [0.05, 0.1) is 12.2 Å². The number of anilines is 2. The van der Waals surface area contributed by atoms with E-state index in [1.165, 1.54) is 0 Å². The molecule has 1 aromatic heterocycles. The first-order chi connectivity index (χ1) is 8.74. The highest BCUT2D eigenvalue weighted by Crippen LogP contribution is 2.14. The molecule has 5 nitrogen and oxygen atoms in total. The number of pyridine rings is 1. The highest BCUT2D eigenvalue weighted by Gasteiger charge is 2.19. The average molecular weight is 245 g/mol. The van der Waals surface area contributed by atoms with Gasteiger partial charge in [-0.05, 0) is 18.6 Å². The van der Waals surface area contributed by atoms with Crippen molar-refractivity contribution >= 4 is 11.4 Å². The molecule has 0 amide bonds. The summed E-state index contributed by atoms with van der Waals surface area (Å²) in [4.78, 5) is 26.9. The van der Waals surface area contributed by atoms with E-state index in [2.05, 4.69) is 15.6 Å². The van der Waals surface area contributed by atoms with Crippen molar-refractivity contribution in [1.82, 2.24) is 4.98 Å². The first-order valence-corrected chi connectivity index (χ1v) is 5.95. The summed E-state index contributed by atoms with van der Waals surface area (Å²) in [7, 11) is 0. The summed E-state index contributed by atoms with van der Waals surface area (Å²) in [5.74, 6) is 0. The van der Waals surface area contributed by atoms with Crippen LogP contribution in [0.3, 0.4) is 0 Å². The fraction of sp³-hybridized carbons (Fsp3) is 0.308. The minimum atomic E-state index is -0.454. The van der Waals surface area contributed by atoms with Crippen LogP contribution in [-0.4, -0.2) is 11.5 Å². The zero-order chi connectivity index (χ0) is 13.0. The highest BCUT2D eigenvalue weighted by molar-refractivity contribution is 5.73. The lowest BCUT2D eigenvalue weighted by atomic mass is 10.2. The van der Waals surface area contributed by atoms with Gasteiger partial charge >= 0.3 is 0 Å². The number of hydrogen-bond donors (Lipinski definition) is 2. The molecular formula is C13H15N3O2. The van der Waals surface area contributed by atoms with Gasteiger partial charge in [-0.3, -0.25) is 14.6 Å². The first kappa shape index (κ1) is 12.3. The molecule has 5 heteroatoms. The first-order valence-electron chi connectivity index (χ1n) is 5.95. The zero-order valence-electron chi connectivity index (χ0n) is 10.2. The summed E-state index contributed by atoms with van der Waals surface area (Å²) in [6.45, 7) is 3.12. The molecule has 18 heavy (non-hydrogen) atoms.